The minimum Gasteiger partial charge on any atom is -0.386 e. The summed E-state index contributed by atoms with van der Waals surface area (Å²) in [5, 5.41) is 26.0. The molecule has 0 amide bonds. The zero-order chi connectivity index (χ0) is 11.7. The van der Waals surface area contributed by atoms with Crippen molar-refractivity contribution in [1.29, 1.82) is 5.26 Å². The van der Waals surface area contributed by atoms with Crippen LogP contribution in [-0.2, 0) is 0 Å². The fourth-order valence-corrected chi connectivity index (χ4v) is 0.234. The zero-order valence-electron chi connectivity index (χ0n) is 7.91. The van der Waals surface area contributed by atoms with Gasteiger partial charge in [-0.1, -0.05) is 0 Å². The second-order valence-corrected chi connectivity index (χ2v) is 2.40. The van der Waals surface area contributed by atoms with Crippen LogP contribution in [0.1, 0.15) is 13.8 Å². The molecule has 0 aromatic rings. The van der Waals surface area contributed by atoms with Crippen LogP contribution in [0.2, 0.25) is 0 Å². The molecule has 8 heteroatoms. The van der Waals surface area contributed by atoms with E-state index >= 15 is 0 Å². The lowest BCUT2D eigenvalue weighted by Crippen LogP contribution is -2.27. The maximum Gasteiger partial charge on any atom is 0.235 e. The van der Waals surface area contributed by atoms with Crippen molar-refractivity contribution >= 4 is 5.96 Å². The number of nitro groups is 1. The molecule has 8 nitrogen and oxygen atoms in total. The van der Waals surface area contributed by atoms with Crippen molar-refractivity contribution in [2.24, 2.45) is 16.5 Å². The number of hydrogen-bond donors (Lipinski definition) is 3. The van der Waals surface area contributed by atoms with Gasteiger partial charge in [-0.05, 0) is 6.92 Å². The van der Waals surface area contributed by atoms with E-state index < -0.39 is 17.1 Å². The number of aliphatic imine (C=N–C) groups is 1. The van der Waals surface area contributed by atoms with E-state index in [1.165, 1.54) is 20.0 Å². The van der Waals surface area contributed by atoms with Crippen LogP contribution in [-0.4, -0.2) is 28.1 Å². The van der Waals surface area contributed by atoms with E-state index in [0.717, 1.165) is 0 Å². The van der Waals surface area contributed by atoms with Gasteiger partial charge in [0.25, 0.3) is 0 Å². The molecular weight excluding hydrogens is 190 g/mol. The van der Waals surface area contributed by atoms with Crippen molar-refractivity contribution in [3.8, 4) is 6.19 Å². The Balaban J connectivity index is 0. The maximum atomic E-state index is 9.79. The third-order valence-corrected chi connectivity index (χ3v) is 1.21. The van der Waals surface area contributed by atoms with Gasteiger partial charge in [0.2, 0.25) is 18.2 Å². The van der Waals surface area contributed by atoms with Gasteiger partial charge in [-0.2, -0.15) is 5.26 Å². The van der Waals surface area contributed by atoms with Gasteiger partial charge in [-0.15, -0.1) is 4.99 Å². The molecule has 2 unspecified atom stereocenters. The van der Waals surface area contributed by atoms with Crippen molar-refractivity contribution in [2.75, 3.05) is 0 Å². The average molecular weight is 203 g/mol. The van der Waals surface area contributed by atoms with Gasteiger partial charge >= 0.3 is 0 Å². The average Bonchev–Trinajstić information content (AvgIpc) is 2.03. The Morgan fingerprint density at radius 3 is 2.07 bits per heavy atom. The third kappa shape index (κ3) is 10.1. The van der Waals surface area contributed by atoms with Crippen molar-refractivity contribution in [2.45, 2.75) is 26.0 Å². The molecule has 80 valence electrons. The minimum atomic E-state index is -0.856. The number of hydrogen-bond acceptors (Lipinski definition) is 5. The molecule has 0 heterocycles. The summed E-state index contributed by atoms with van der Waals surface area (Å²) in [7, 11) is 0. The second kappa shape index (κ2) is 7.75. The summed E-state index contributed by atoms with van der Waals surface area (Å²) in [6, 6.07) is -0.852. The van der Waals surface area contributed by atoms with Gasteiger partial charge in [-0.25, -0.2) is 0 Å². The Hall–Kier alpha value is -1.88. The third-order valence-electron chi connectivity index (χ3n) is 1.21. The Morgan fingerprint density at radius 1 is 1.64 bits per heavy atom. The van der Waals surface area contributed by atoms with Crippen molar-refractivity contribution in [3.05, 3.63) is 10.1 Å². The fourth-order valence-electron chi connectivity index (χ4n) is 0.234. The Bertz CT molecular complexity index is 240. The molecule has 0 aliphatic heterocycles. The van der Waals surface area contributed by atoms with E-state index in [1.54, 1.807) is 0 Å². The summed E-state index contributed by atoms with van der Waals surface area (Å²) in [5.74, 6) is -0.197. The van der Waals surface area contributed by atoms with E-state index in [2.05, 4.69) is 4.99 Å². The Labute approximate surface area is 81.0 Å². The quantitative estimate of drug-likeness (QED) is 0.168. The van der Waals surface area contributed by atoms with Crippen LogP contribution in [0.3, 0.4) is 0 Å². The molecule has 0 aliphatic carbocycles. The number of nitriles is 1. The zero-order valence-corrected chi connectivity index (χ0v) is 7.91. The molecule has 0 aromatic carbocycles. The summed E-state index contributed by atoms with van der Waals surface area (Å²) >= 11 is 0. The van der Waals surface area contributed by atoms with Crippen LogP contribution >= 0.6 is 0 Å². The molecule has 0 bridgehead atoms. The van der Waals surface area contributed by atoms with Crippen molar-refractivity contribution in [1.82, 2.24) is 0 Å². The Kier molecular flexibility index (Phi) is 8.10. The highest BCUT2D eigenvalue weighted by Crippen LogP contribution is 1.93. The molecule has 0 rings (SSSR count). The first-order valence-electron chi connectivity index (χ1n) is 3.62. The largest absolute Gasteiger partial charge is 0.386 e. The van der Waals surface area contributed by atoms with E-state index in [9.17, 15) is 10.1 Å². The normalized spacial score (nSPS) is 12.4. The van der Waals surface area contributed by atoms with Gasteiger partial charge in [0.1, 0.15) is 6.10 Å². The van der Waals surface area contributed by atoms with E-state index in [-0.39, 0.29) is 5.96 Å². The van der Waals surface area contributed by atoms with Gasteiger partial charge in [0.05, 0.1) is 0 Å². The topological polar surface area (TPSA) is 152 Å². The van der Waals surface area contributed by atoms with E-state index in [1.807, 2.05) is 0 Å². The monoisotopic (exact) mass is 203 g/mol. The highest BCUT2D eigenvalue weighted by molar-refractivity contribution is 5.76. The van der Waals surface area contributed by atoms with Gasteiger partial charge in [-0.3, -0.25) is 10.1 Å². The summed E-state index contributed by atoms with van der Waals surface area (Å²) in [4.78, 5) is 12.2. The minimum absolute atomic E-state index is 0.197. The molecule has 0 aliphatic rings. The van der Waals surface area contributed by atoms with Crippen LogP contribution < -0.4 is 11.5 Å². The number of nitrogens with zero attached hydrogens (tertiary/aromatic N) is 3. The van der Waals surface area contributed by atoms with E-state index in [0.29, 0.717) is 0 Å². The SMILES string of the molecule is CC(O)C(C)[N+](=O)[O-].N#CN=C(N)N. The van der Waals surface area contributed by atoms with Gasteiger partial charge < -0.3 is 16.6 Å². The molecule has 2 atom stereocenters. The molecule has 0 radical (unpaired) electrons. The number of aliphatic hydroxyl groups excluding tert-OH is 1. The number of nitrogens with two attached hydrogens (primary N) is 2. The van der Waals surface area contributed by atoms with Gasteiger partial charge in [0, 0.05) is 11.8 Å². The number of guanidine groups is 1. The van der Waals surface area contributed by atoms with Crippen LogP contribution in [0.15, 0.2) is 4.99 Å². The maximum absolute atomic E-state index is 9.79. The van der Waals surface area contributed by atoms with Crippen LogP contribution in [0.4, 0.5) is 0 Å². The second-order valence-electron chi connectivity index (χ2n) is 2.40. The molecular formula is C6H13N5O3. The van der Waals surface area contributed by atoms with Crippen LogP contribution in [0.5, 0.6) is 0 Å². The summed E-state index contributed by atoms with van der Waals surface area (Å²) in [6.07, 6.45) is 0.549. The predicted octanol–water partition coefficient (Wildman–Crippen LogP) is -1.23. The molecule has 5 N–H and O–H groups in total. The molecule has 0 saturated heterocycles. The summed E-state index contributed by atoms with van der Waals surface area (Å²) in [6.45, 7) is 2.76. The highest BCUT2D eigenvalue weighted by Gasteiger charge is 2.18. The van der Waals surface area contributed by atoms with Crippen molar-refractivity contribution in [3.63, 3.8) is 0 Å². The number of rotatable bonds is 2. The lowest BCUT2D eigenvalue weighted by Gasteiger charge is -2.03. The molecule has 0 fully saturated rings. The first-order valence-corrected chi connectivity index (χ1v) is 3.62. The van der Waals surface area contributed by atoms with Crippen molar-refractivity contribution < 1.29 is 10.0 Å². The fraction of sp³-hybridized carbons (Fsp3) is 0.667. The first kappa shape index (κ1) is 14.6. The standard InChI is InChI=1S/C4H9NO3.C2H4N4/c1-3(4(2)6)5(7)8;3-1-6-2(4)5/h3-4,6H,1-2H3;(H4,4,5,6). The Morgan fingerprint density at radius 2 is 2.07 bits per heavy atom. The van der Waals surface area contributed by atoms with Crippen LogP contribution in [0.25, 0.3) is 0 Å². The smallest absolute Gasteiger partial charge is 0.235 e. The summed E-state index contributed by atoms with van der Waals surface area (Å²) in [5.41, 5.74) is 9.42. The van der Waals surface area contributed by atoms with Gasteiger partial charge in [0.15, 0.2) is 0 Å². The summed E-state index contributed by atoms with van der Waals surface area (Å²) < 4.78 is 0. The molecule has 0 saturated carbocycles. The lowest BCUT2D eigenvalue weighted by molar-refractivity contribution is -0.528. The molecule has 14 heavy (non-hydrogen) atoms. The van der Waals surface area contributed by atoms with Crippen LogP contribution in [0, 0.1) is 21.6 Å². The van der Waals surface area contributed by atoms with E-state index in [4.69, 9.17) is 21.8 Å². The molecule has 0 aromatic heterocycles. The highest BCUT2D eigenvalue weighted by atomic mass is 16.6. The molecule has 0 spiro atoms. The lowest BCUT2D eigenvalue weighted by atomic mass is 10.2. The first-order chi connectivity index (χ1) is 6.32. The number of aliphatic hydroxyl groups is 1. The predicted molar refractivity (Wildman–Crippen MR) is 49.6 cm³/mol.